The van der Waals surface area contributed by atoms with Crippen molar-refractivity contribution in [3.05, 3.63) is 83.4 Å². The largest absolute Gasteiger partial charge is 0.454 e. The summed E-state index contributed by atoms with van der Waals surface area (Å²) in [5, 5.41) is 9.26. The van der Waals surface area contributed by atoms with E-state index in [0.717, 1.165) is 16.7 Å². The second-order valence-corrected chi connectivity index (χ2v) is 7.63. The molecule has 0 saturated heterocycles. The molecule has 7 nitrogen and oxygen atoms in total. The first-order valence-corrected chi connectivity index (χ1v) is 10.1. The van der Waals surface area contributed by atoms with Crippen LogP contribution in [0.5, 0.6) is 11.5 Å². The molecule has 0 aliphatic carbocycles. The maximum Gasteiger partial charge on any atom is 0.342 e. The highest BCUT2D eigenvalue weighted by atomic mass is 16.7. The Hall–Kier alpha value is -4.00. The number of ether oxygens (including phenoxy) is 2. The number of benzene rings is 3. The Bertz CT molecular complexity index is 1160. The molecule has 5 rings (SSSR count). The Labute approximate surface area is 180 Å². The Morgan fingerprint density at radius 1 is 1.06 bits per heavy atom. The number of nitrogens with one attached hydrogen (secondary N) is 1. The zero-order valence-electron chi connectivity index (χ0n) is 17.0. The molecule has 1 atom stereocenters. The molecule has 0 fully saturated rings. The molecule has 3 aromatic rings. The minimum Gasteiger partial charge on any atom is -0.454 e. The summed E-state index contributed by atoms with van der Waals surface area (Å²) in [5.41, 5.74) is 10.8. The third kappa shape index (κ3) is 3.66. The van der Waals surface area contributed by atoms with Crippen LogP contribution in [0.15, 0.2) is 71.8 Å². The number of hydrogen-bond donors (Lipinski definition) is 2. The van der Waals surface area contributed by atoms with E-state index in [2.05, 4.69) is 5.32 Å². The van der Waals surface area contributed by atoms with E-state index in [0.29, 0.717) is 35.0 Å². The van der Waals surface area contributed by atoms with E-state index < -0.39 is 0 Å². The molecule has 2 amide bonds. The molecule has 0 radical (unpaired) electrons. The summed E-state index contributed by atoms with van der Waals surface area (Å²) >= 11 is 0. The topological polar surface area (TPSA) is 89.2 Å². The predicted molar refractivity (Wildman–Crippen MR) is 120 cm³/mol. The molecule has 0 saturated carbocycles. The highest BCUT2D eigenvalue weighted by Crippen LogP contribution is 2.37. The molecule has 7 heteroatoms. The molecule has 2 heterocycles. The van der Waals surface area contributed by atoms with Gasteiger partial charge in [0, 0.05) is 22.5 Å². The standard InChI is InChI=1S/C24H22N4O3/c1-15-11-17-12-21-22(31-14-30-21)13-20(17)23(16-7-9-18(25)10-8-16)27-28(15)24(29)26-19-5-3-2-4-6-19/h2-10,12-13,15H,11,14,25H2,1H3,(H,26,29). The van der Waals surface area contributed by atoms with Crippen LogP contribution in [-0.4, -0.2) is 29.6 Å². The molecular formula is C24H22N4O3. The lowest BCUT2D eigenvalue weighted by atomic mass is 9.94. The van der Waals surface area contributed by atoms with Gasteiger partial charge in [-0.25, -0.2) is 9.80 Å². The Kier molecular flexibility index (Phi) is 4.71. The minimum absolute atomic E-state index is 0.172. The number of carbonyl (C=O) groups is 1. The van der Waals surface area contributed by atoms with Crippen LogP contribution in [0.3, 0.4) is 0 Å². The average molecular weight is 414 g/mol. The zero-order chi connectivity index (χ0) is 21.4. The van der Waals surface area contributed by atoms with Crippen LogP contribution >= 0.6 is 0 Å². The first-order valence-electron chi connectivity index (χ1n) is 10.1. The lowest BCUT2D eigenvalue weighted by molar-refractivity contribution is 0.174. The van der Waals surface area contributed by atoms with Crippen molar-refractivity contribution in [2.24, 2.45) is 5.10 Å². The number of nitrogens with zero attached hydrogens (tertiary/aromatic N) is 2. The van der Waals surface area contributed by atoms with Crippen LogP contribution < -0.4 is 20.5 Å². The van der Waals surface area contributed by atoms with Crippen LogP contribution in [0.25, 0.3) is 0 Å². The molecule has 3 N–H and O–H groups in total. The normalized spacial score (nSPS) is 16.9. The predicted octanol–water partition coefficient (Wildman–Crippen LogP) is 4.23. The lowest BCUT2D eigenvalue weighted by Gasteiger charge is -2.23. The van der Waals surface area contributed by atoms with Crippen molar-refractivity contribution in [3.63, 3.8) is 0 Å². The van der Waals surface area contributed by atoms with Crippen LogP contribution in [0, 0.1) is 0 Å². The number of rotatable bonds is 2. The van der Waals surface area contributed by atoms with E-state index in [-0.39, 0.29) is 18.9 Å². The minimum atomic E-state index is -0.292. The molecular weight excluding hydrogens is 392 g/mol. The van der Waals surface area contributed by atoms with E-state index in [1.165, 1.54) is 5.01 Å². The fourth-order valence-corrected chi connectivity index (χ4v) is 3.84. The molecule has 0 bridgehead atoms. The number of nitrogens with two attached hydrogens (primary N) is 1. The van der Waals surface area contributed by atoms with Gasteiger partial charge in [0.05, 0.1) is 11.8 Å². The van der Waals surface area contributed by atoms with Gasteiger partial charge in [0.25, 0.3) is 0 Å². The number of hydrazone groups is 1. The number of fused-ring (bicyclic) bond motifs is 2. The second kappa shape index (κ2) is 7.68. The second-order valence-electron chi connectivity index (χ2n) is 7.63. The van der Waals surface area contributed by atoms with E-state index in [1.54, 1.807) is 0 Å². The zero-order valence-corrected chi connectivity index (χ0v) is 17.0. The molecule has 0 spiro atoms. The fraction of sp³-hybridized carbons (Fsp3) is 0.167. The Morgan fingerprint density at radius 3 is 2.52 bits per heavy atom. The van der Waals surface area contributed by atoms with Crippen molar-refractivity contribution < 1.29 is 14.3 Å². The number of anilines is 2. The van der Waals surface area contributed by atoms with Crippen molar-refractivity contribution in [3.8, 4) is 11.5 Å². The number of amides is 2. The summed E-state index contributed by atoms with van der Waals surface area (Å²) in [6.07, 6.45) is 0.621. The van der Waals surface area contributed by atoms with Crippen molar-refractivity contribution in [1.29, 1.82) is 0 Å². The van der Waals surface area contributed by atoms with Crippen LogP contribution in [-0.2, 0) is 6.42 Å². The number of urea groups is 1. The van der Waals surface area contributed by atoms with Crippen LogP contribution in [0.4, 0.5) is 16.2 Å². The number of hydrogen-bond acceptors (Lipinski definition) is 5. The molecule has 0 aromatic heterocycles. The number of para-hydroxylation sites is 1. The smallest absolute Gasteiger partial charge is 0.342 e. The van der Waals surface area contributed by atoms with E-state index in [9.17, 15) is 4.79 Å². The van der Waals surface area contributed by atoms with Gasteiger partial charge in [-0.1, -0.05) is 30.3 Å². The summed E-state index contributed by atoms with van der Waals surface area (Å²) < 4.78 is 11.2. The summed E-state index contributed by atoms with van der Waals surface area (Å²) in [6, 6.07) is 20.3. The molecule has 31 heavy (non-hydrogen) atoms. The molecule has 2 aliphatic rings. The van der Waals surface area contributed by atoms with E-state index in [4.69, 9.17) is 20.3 Å². The van der Waals surface area contributed by atoms with Crippen LogP contribution in [0.1, 0.15) is 23.6 Å². The van der Waals surface area contributed by atoms with Gasteiger partial charge >= 0.3 is 6.03 Å². The summed E-state index contributed by atoms with van der Waals surface area (Å²) in [5.74, 6) is 1.39. The first-order chi connectivity index (χ1) is 15.1. The number of carbonyl (C=O) groups excluding carboxylic acids is 1. The number of nitrogen functional groups attached to an aromatic ring is 1. The van der Waals surface area contributed by atoms with Crippen molar-refractivity contribution in [2.45, 2.75) is 19.4 Å². The van der Waals surface area contributed by atoms with Crippen molar-refractivity contribution in [1.82, 2.24) is 5.01 Å². The summed E-state index contributed by atoms with van der Waals surface area (Å²) in [7, 11) is 0. The van der Waals surface area contributed by atoms with Crippen molar-refractivity contribution >= 4 is 23.1 Å². The third-order valence-electron chi connectivity index (χ3n) is 5.41. The first kappa shape index (κ1) is 19.0. The quantitative estimate of drug-likeness (QED) is 0.614. The fourth-order valence-electron chi connectivity index (χ4n) is 3.84. The molecule has 3 aromatic carbocycles. The van der Waals surface area contributed by atoms with Gasteiger partial charge in [0.2, 0.25) is 6.79 Å². The van der Waals surface area contributed by atoms with E-state index in [1.807, 2.05) is 73.7 Å². The average Bonchev–Trinajstić information content (AvgIpc) is 3.17. The highest BCUT2D eigenvalue weighted by Gasteiger charge is 2.29. The summed E-state index contributed by atoms with van der Waals surface area (Å²) in [6.45, 7) is 2.18. The van der Waals surface area contributed by atoms with Gasteiger partial charge in [0.15, 0.2) is 11.5 Å². The highest BCUT2D eigenvalue weighted by molar-refractivity contribution is 6.14. The van der Waals surface area contributed by atoms with Gasteiger partial charge in [-0.3, -0.25) is 0 Å². The van der Waals surface area contributed by atoms with Gasteiger partial charge < -0.3 is 20.5 Å². The molecule has 2 aliphatic heterocycles. The third-order valence-corrected chi connectivity index (χ3v) is 5.41. The van der Waals surface area contributed by atoms with Gasteiger partial charge in [0.1, 0.15) is 0 Å². The molecule has 1 unspecified atom stereocenters. The maximum absolute atomic E-state index is 13.2. The van der Waals surface area contributed by atoms with Gasteiger partial charge in [-0.2, -0.15) is 5.10 Å². The monoisotopic (exact) mass is 414 g/mol. The maximum atomic E-state index is 13.2. The SMILES string of the molecule is CC1Cc2cc3c(cc2C(c2ccc(N)cc2)=NN1C(=O)Nc1ccccc1)OCO3. The van der Waals surface area contributed by atoms with Gasteiger partial charge in [-0.15, -0.1) is 0 Å². The lowest BCUT2D eigenvalue weighted by Crippen LogP contribution is -2.38. The molecule has 156 valence electrons. The van der Waals surface area contributed by atoms with Crippen molar-refractivity contribution in [2.75, 3.05) is 17.8 Å². The van der Waals surface area contributed by atoms with Gasteiger partial charge in [-0.05, 0) is 55.3 Å². The Balaban J connectivity index is 1.60. The van der Waals surface area contributed by atoms with E-state index >= 15 is 0 Å². The Morgan fingerprint density at radius 2 is 1.77 bits per heavy atom. The van der Waals surface area contributed by atoms with Crippen LogP contribution in [0.2, 0.25) is 0 Å². The summed E-state index contributed by atoms with van der Waals surface area (Å²) in [4.78, 5) is 13.2.